The van der Waals surface area contributed by atoms with Crippen LogP contribution in [0.5, 0.6) is 0 Å². The van der Waals surface area contributed by atoms with Crippen molar-refractivity contribution >= 4 is 21.6 Å². The summed E-state index contributed by atoms with van der Waals surface area (Å²) in [5.41, 5.74) is 0.297. The van der Waals surface area contributed by atoms with Gasteiger partial charge in [-0.2, -0.15) is 4.31 Å². The van der Waals surface area contributed by atoms with Crippen LogP contribution in [-0.4, -0.2) is 45.1 Å². The Morgan fingerprint density at radius 3 is 2.76 bits per heavy atom. The topological polar surface area (TPSA) is 58.6 Å². The Bertz CT molecular complexity index is 617. The second kappa shape index (κ2) is 6.22. The lowest BCUT2D eigenvalue weighted by Gasteiger charge is -2.40. The summed E-state index contributed by atoms with van der Waals surface area (Å²) in [6.45, 7) is 5.41. The van der Waals surface area contributed by atoms with Gasteiger partial charge in [-0.3, -0.25) is 0 Å². The van der Waals surface area contributed by atoms with Crippen molar-refractivity contribution in [2.45, 2.75) is 30.8 Å². The lowest BCUT2D eigenvalue weighted by Crippen LogP contribution is -2.55. The van der Waals surface area contributed by atoms with Gasteiger partial charge in [0.15, 0.2) is 0 Å². The van der Waals surface area contributed by atoms with Crippen LogP contribution in [0.4, 0.5) is 0 Å². The highest BCUT2D eigenvalue weighted by molar-refractivity contribution is 7.89. The number of ether oxygens (including phenoxy) is 1. The molecule has 1 aromatic carbocycles. The Kier molecular flexibility index (Phi) is 4.95. The minimum Gasteiger partial charge on any atom is -0.378 e. The summed E-state index contributed by atoms with van der Waals surface area (Å²) in [5.74, 6) is 0. The third kappa shape index (κ3) is 3.40. The molecule has 118 valence electrons. The Morgan fingerprint density at radius 1 is 1.43 bits per heavy atom. The molecule has 2 rings (SSSR count). The van der Waals surface area contributed by atoms with Crippen molar-refractivity contribution in [3.63, 3.8) is 0 Å². The number of nitrogens with one attached hydrogen (secondary N) is 1. The van der Waals surface area contributed by atoms with Crippen molar-refractivity contribution in [1.29, 1.82) is 0 Å². The average Bonchev–Trinajstić information content (AvgIpc) is 2.40. The van der Waals surface area contributed by atoms with Gasteiger partial charge in [0.05, 0.1) is 23.8 Å². The first kappa shape index (κ1) is 16.7. The SMILES string of the molecule is CNCc1ccc(Cl)c(S(=O)(=O)N2CCOCC2(C)C)c1. The monoisotopic (exact) mass is 332 g/mol. The van der Waals surface area contributed by atoms with Crippen LogP contribution < -0.4 is 5.32 Å². The van der Waals surface area contributed by atoms with Crippen molar-refractivity contribution in [3.05, 3.63) is 28.8 Å². The van der Waals surface area contributed by atoms with Crippen LogP contribution in [0.1, 0.15) is 19.4 Å². The van der Waals surface area contributed by atoms with E-state index in [0.29, 0.717) is 26.3 Å². The van der Waals surface area contributed by atoms with Crippen molar-refractivity contribution in [1.82, 2.24) is 9.62 Å². The summed E-state index contributed by atoms with van der Waals surface area (Å²) < 4.78 is 32.8. The van der Waals surface area contributed by atoms with Crippen LogP contribution in [0, 0.1) is 0 Å². The molecular weight excluding hydrogens is 312 g/mol. The van der Waals surface area contributed by atoms with E-state index in [-0.39, 0.29) is 9.92 Å². The van der Waals surface area contributed by atoms with Crippen LogP contribution in [0.25, 0.3) is 0 Å². The number of hydrogen-bond donors (Lipinski definition) is 1. The van der Waals surface area contributed by atoms with Gasteiger partial charge < -0.3 is 10.1 Å². The number of morpholine rings is 1. The third-order valence-corrected chi connectivity index (χ3v) is 6.11. The Labute approximate surface area is 131 Å². The molecule has 1 aliphatic heterocycles. The van der Waals surface area contributed by atoms with E-state index in [9.17, 15) is 8.42 Å². The number of rotatable bonds is 4. The highest BCUT2D eigenvalue weighted by Crippen LogP contribution is 2.31. The molecule has 0 aromatic heterocycles. The van der Waals surface area contributed by atoms with E-state index in [1.807, 2.05) is 27.0 Å². The van der Waals surface area contributed by atoms with Gasteiger partial charge in [0.25, 0.3) is 0 Å². The lowest BCUT2D eigenvalue weighted by atomic mass is 10.1. The molecule has 1 N–H and O–H groups in total. The predicted octanol–water partition coefficient (Wildman–Crippen LogP) is 1.86. The molecule has 5 nitrogen and oxygen atoms in total. The zero-order valence-corrected chi connectivity index (χ0v) is 14.1. The van der Waals surface area contributed by atoms with Crippen LogP contribution >= 0.6 is 11.6 Å². The van der Waals surface area contributed by atoms with Gasteiger partial charge in [-0.15, -0.1) is 0 Å². The molecule has 1 heterocycles. The molecule has 0 aliphatic carbocycles. The minimum absolute atomic E-state index is 0.159. The zero-order chi connectivity index (χ0) is 15.7. The molecule has 0 spiro atoms. The minimum atomic E-state index is -3.65. The summed E-state index contributed by atoms with van der Waals surface area (Å²) >= 11 is 6.14. The Balaban J connectivity index is 2.45. The summed E-state index contributed by atoms with van der Waals surface area (Å²) in [6.07, 6.45) is 0. The quantitative estimate of drug-likeness (QED) is 0.914. The van der Waals surface area contributed by atoms with Gasteiger partial charge >= 0.3 is 0 Å². The third-order valence-electron chi connectivity index (χ3n) is 3.51. The summed E-state index contributed by atoms with van der Waals surface area (Å²) in [7, 11) is -1.83. The molecule has 1 fully saturated rings. The molecule has 1 saturated heterocycles. The van der Waals surface area contributed by atoms with Crippen LogP contribution in [-0.2, 0) is 21.3 Å². The van der Waals surface area contributed by atoms with Crippen LogP contribution in [0.2, 0.25) is 5.02 Å². The summed E-state index contributed by atoms with van der Waals surface area (Å²) in [6, 6.07) is 5.09. The Morgan fingerprint density at radius 2 is 2.14 bits per heavy atom. The van der Waals surface area contributed by atoms with Crippen molar-refractivity contribution in [2.24, 2.45) is 0 Å². The largest absolute Gasteiger partial charge is 0.378 e. The lowest BCUT2D eigenvalue weighted by molar-refractivity contribution is -0.00770. The molecule has 21 heavy (non-hydrogen) atoms. The molecule has 0 amide bonds. The first-order valence-electron chi connectivity index (χ1n) is 6.82. The predicted molar refractivity (Wildman–Crippen MR) is 83.0 cm³/mol. The smallest absolute Gasteiger partial charge is 0.245 e. The van der Waals surface area contributed by atoms with Gasteiger partial charge in [0.2, 0.25) is 10.0 Å². The average molecular weight is 333 g/mol. The summed E-state index contributed by atoms with van der Waals surface area (Å²) in [5, 5.41) is 3.25. The maximum Gasteiger partial charge on any atom is 0.245 e. The molecule has 1 aliphatic rings. The number of nitrogens with zero attached hydrogens (tertiary/aromatic N) is 1. The maximum absolute atomic E-state index is 12.9. The fourth-order valence-electron chi connectivity index (χ4n) is 2.47. The normalized spacial score (nSPS) is 19.6. The molecule has 0 unspecified atom stereocenters. The molecule has 7 heteroatoms. The van der Waals surface area contributed by atoms with Gasteiger partial charge in [0.1, 0.15) is 4.90 Å². The molecule has 0 atom stereocenters. The van der Waals surface area contributed by atoms with E-state index in [1.54, 1.807) is 12.1 Å². The van der Waals surface area contributed by atoms with Gasteiger partial charge in [-0.05, 0) is 38.6 Å². The van der Waals surface area contributed by atoms with E-state index in [4.69, 9.17) is 16.3 Å². The van der Waals surface area contributed by atoms with Crippen LogP contribution in [0.15, 0.2) is 23.1 Å². The molecule has 1 aromatic rings. The maximum atomic E-state index is 12.9. The van der Waals surface area contributed by atoms with E-state index in [1.165, 1.54) is 4.31 Å². The second-order valence-electron chi connectivity index (χ2n) is 5.74. The fourth-order valence-corrected chi connectivity index (χ4v) is 4.75. The first-order valence-corrected chi connectivity index (χ1v) is 8.64. The van der Waals surface area contributed by atoms with Crippen molar-refractivity contribution < 1.29 is 13.2 Å². The highest BCUT2D eigenvalue weighted by Gasteiger charge is 2.40. The van der Waals surface area contributed by atoms with Crippen molar-refractivity contribution in [3.8, 4) is 0 Å². The van der Waals surface area contributed by atoms with Crippen molar-refractivity contribution in [2.75, 3.05) is 26.8 Å². The van der Waals surface area contributed by atoms with Gasteiger partial charge in [0, 0.05) is 13.1 Å². The van der Waals surface area contributed by atoms with Crippen LogP contribution in [0.3, 0.4) is 0 Å². The molecule has 0 saturated carbocycles. The number of benzene rings is 1. The van der Waals surface area contributed by atoms with E-state index < -0.39 is 15.6 Å². The van der Waals surface area contributed by atoms with Gasteiger partial charge in [-0.1, -0.05) is 17.7 Å². The Hall–Kier alpha value is -0.660. The number of hydrogen-bond acceptors (Lipinski definition) is 4. The number of halogens is 1. The molecule has 0 radical (unpaired) electrons. The molecule has 0 bridgehead atoms. The zero-order valence-electron chi connectivity index (χ0n) is 12.5. The van der Waals surface area contributed by atoms with E-state index in [0.717, 1.165) is 5.56 Å². The first-order chi connectivity index (χ1) is 9.79. The molecular formula is C14H21ClN2O3S. The van der Waals surface area contributed by atoms with E-state index >= 15 is 0 Å². The standard InChI is InChI=1S/C14H21ClN2O3S/c1-14(2)10-20-7-6-17(14)21(18,19)13-8-11(9-16-3)4-5-12(13)15/h4-5,8,16H,6-7,9-10H2,1-3H3. The fraction of sp³-hybridized carbons (Fsp3) is 0.571. The van der Waals surface area contributed by atoms with E-state index in [2.05, 4.69) is 5.32 Å². The highest BCUT2D eigenvalue weighted by atomic mass is 35.5. The second-order valence-corrected chi connectivity index (χ2v) is 7.98. The number of sulfonamides is 1. The summed E-state index contributed by atoms with van der Waals surface area (Å²) in [4.78, 5) is 0.159. The van der Waals surface area contributed by atoms with Gasteiger partial charge in [-0.25, -0.2) is 8.42 Å².